The maximum absolute atomic E-state index is 11.6. The number of methoxy groups -OCH3 is 2. The van der Waals surface area contributed by atoms with Crippen molar-refractivity contribution in [2.24, 2.45) is 0 Å². The minimum Gasteiger partial charge on any atom is -0.748 e. The van der Waals surface area contributed by atoms with E-state index in [9.17, 15) is 13.0 Å². The van der Waals surface area contributed by atoms with Crippen LogP contribution >= 0.6 is 11.8 Å². The van der Waals surface area contributed by atoms with E-state index in [4.69, 9.17) is 9.47 Å². The van der Waals surface area contributed by atoms with Crippen LogP contribution < -0.4 is 48.8 Å². The minimum atomic E-state index is -4.35. The van der Waals surface area contributed by atoms with Gasteiger partial charge in [-0.3, -0.25) is 0 Å². The molecule has 6 rings (SSSR count). The van der Waals surface area contributed by atoms with E-state index in [1.807, 2.05) is 66.7 Å². The summed E-state index contributed by atoms with van der Waals surface area (Å²) in [5, 5.41) is -0.962. The number of hydrogen-bond donors (Lipinski definition) is 0. The van der Waals surface area contributed by atoms with Crippen LogP contribution in [-0.4, -0.2) is 39.0 Å². The molecule has 0 radical (unpaired) electrons. The molecule has 1 aliphatic rings. The number of nitrogens with zero attached hydrogens (tertiary/aromatic N) is 2. The first-order valence-electron chi connectivity index (χ1n) is 14.6. The second-order valence-electron chi connectivity index (χ2n) is 10.8. The van der Waals surface area contributed by atoms with Gasteiger partial charge >= 0.3 is 29.6 Å². The first-order valence-corrected chi connectivity index (χ1v) is 16.9. The average Bonchev–Trinajstić information content (AvgIpc) is 3.07. The Morgan fingerprint density at radius 2 is 1.22 bits per heavy atom. The Morgan fingerprint density at radius 1 is 0.717 bits per heavy atom. The van der Waals surface area contributed by atoms with Crippen molar-refractivity contribution in [1.82, 2.24) is 0 Å². The number of para-hydroxylation sites is 1. The Hall–Kier alpha value is -3.44. The summed E-state index contributed by atoms with van der Waals surface area (Å²) in [7, 11) is -1.03. The van der Waals surface area contributed by atoms with E-state index in [2.05, 4.69) is 58.3 Å². The van der Waals surface area contributed by atoms with Gasteiger partial charge in [0.25, 0.3) is 0 Å². The van der Waals surface area contributed by atoms with Crippen LogP contribution in [0.1, 0.15) is 13.3 Å². The van der Waals surface area contributed by atoms with Gasteiger partial charge in [0.2, 0.25) is 0 Å². The molecule has 1 atom stereocenters. The van der Waals surface area contributed by atoms with Crippen molar-refractivity contribution in [1.29, 1.82) is 0 Å². The molecule has 0 fully saturated rings. The summed E-state index contributed by atoms with van der Waals surface area (Å²) in [6.07, 6.45) is 0.242. The van der Waals surface area contributed by atoms with E-state index in [0.717, 1.165) is 60.9 Å². The SMILES string of the molecule is COc1ccc(N(c2ccc(OC)cc2)c2ccc(-c3ccc4c(c3)Sc3ccccc3N4CCC(C)S(=O)(=O)[O-])cc2)cc1.[Na+]. The van der Waals surface area contributed by atoms with E-state index in [1.165, 1.54) is 6.92 Å². The van der Waals surface area contributed by atoms with Crippen LogP contribution in [0.5, 0.6) is 11.5 Å². The Kier molecular flexibility index (Phi) is 10.7. The standard InChI is InChI=1S/C36H34N2O5S2.Na/c1-25(45(39,40)41)22-23-37-33-6-4-5-7-35(33)44-36-24-27(10-21-34(36)37)26-8-11-28(12-9-26)38(29-13-17-31(42-2)18-14-29)30-15-19-32(43-3)20-16-30;/h4-21,24-25H,22-23H2,1-3H3,(H,39,40,41);/q;+1/p-1. The van der Waals surface area contributed by atoms with Crippen LogP contribution in [0, 0.1) is 0 Å². The molecule has 0 aliphatic carbocycles. The fourth-order valence-electron chi connectivity index (χ4n) is 5.42. The van der Waals surface area contributed by atoms with Gasteiger partial charge in [-0.2, -0.15) is 0 Å². The Morgan fingerprint density at radius 3 is 1.76 bits per heavy atom. The summed E-state index contributed by atoms with van der Waals surface area (Å²) < 4.78 is 45.5. The molecule has 7 nitrogen and oxygen atoms in total. The smallest absolute Gasteiger partial charge is 0.748 e. The van der Waals surface area contributed by atoms with Crippen LogP contribution in [0.2, 0.25) is 0 Å². The quantitative estimate of drug-likeness (QED) is 0.138. The molecule has 0 bridgehead atoms. The van der Waals surface area contributed by atoms with Gasteiger partial charge in [0, 0.05) is 38.6 Å². The molecule has 46 heavy (non-hydrogen) atoms. The number of fused-ring (bicyclic) bond motifs is 2. The van der Waals surface area contributed by atoms with Crippen molar-refractivity contribution in [2.45, 2.75) is 28.4 Å². The molecule has 0 saturated carbocycles. The minimum absolute atomic E-state index is 0. The van der Waals surface area contributed by atoms with Crippen molar-refractivity contribution in [3.63, 3.8) is 0 Å². The number of rotatable bonds is 10. The fourth-order valence-corrected chi connectivity index (χ4v) is 6.95. The fraction of sp³-hybridized carbons (Fsp3) is 0.167. The van der Waals surface area contributed by atoms with Gasteiger partial charge in [-0.05, 0) is 109 Å². The van der Waals surface area contributed by atoms with E-state index in [-0.39, 0.29) is 36.0 Å². The maximum atomic E-state index is 11.6. The molecule has 1 heterocycles. The molecule has 230 valence electrons. The van der Waals surface area contributed by atoms with Crippen LogP contribution in [0.3, 0.4) is 0 Å². The van der Waals surface area contributed by atoms with Gasteiger partial charge in [-0.1, -0.05) is 42.1 Å². The Labute approximate surface area is 297 Å². The number of anilines is 5. The summed E-state index contributed by atoms with van der Waals surface area (Å²) in [6.45, 7) is 1.90. The van der Waals surface area contributed by atoms with E-state index in [0.29, 0.717) is 6.54 Å². The predicted molar refractivity (Wildman–Crippen MR) is 181 cm³/mol. The molecule has 5 aromatic rings. The van der Waals surface area contributed by atoms with Gasteiger partial charge in [-0.15, -0.1) is 0 Å². The molecule has 0 N–H and O–H groups in total. The summed E-state index contributed by atoms with van der Waals surface area (Å²) in [5.74, 6) is 1.58. The third-order valence-electron chi connectivity index (χ3n) is 8.00. The van der Waals surface area contributed by atoms with E-state index < -0.39 is 15.4 Å². The molecule has 0 spiro atoms. The molecule has 0 amide bonds. The van der Waals surface area contributed by atoms with E-state index >= 15 is 0 Å². The van der Waals surface area contributed by atoms with Crippen molar-refractivity contribution in [3.05, 3.63) is 115 Å². The normalized spacial score (nSPS) is 12.7. The zero-order valence-corrected chi connectivity index (χ0v) is 29.8. The molecular formula is C36H33N2NaO5S2. The summed E-state index contributed by atoms with van der Waals surface area (Å²) in [6, 6.07) is 38.8. The van der Waals surface area contributed by atoms with Gasteiger partial charge in [0.1, 0.15) is 11.5 Å². The molecule has 5 aromatic carbocycles. The monoisotopic (exact) mass is 660 g/mol. The molecule has 10 heteroatoms. The second kappa shape index (κ2) is 14.5. The number of ether oxygens (including phenoxy) is 2. The third-order valence-corrected chi connectivity index (χ3v) is 10.3. The van der Waals surface area contributed by atoms with Gasteiger partial charge in [0.15, 0.2) is 0 Å². The van der Waals surface area contributed by atoms with Crippen LogP contribution in [0.4, 0.5) is 28.4 Å². The van der Waals surface area contributed by atoms with E-state index in [1.54, 1.807) is 26.0 Å². The van der Waals surface area contributed by atoms with Gasteiger partial charge in [-0.25, -0.2) is 8.42 Å². The summed E-state index contributed by atoms with van der Waals surface area (Å²) in [5.41, 5.74) is 7.16. The zero-order valence-electron chi connectivity index (χ0n) is 26.2. The first-order chi connectivity index (χ1) is 21.7. The topological polar surface area (TPSA) is 82.1 Å². The average molecular weight is 661 g/mol. The largest absolute Gasteiger partial charge is 1.00 e. The van der Waals surface area contributed by atoms with Crippen molar-refractivity contribution >= 4 is 50.3 Å². The molecule has 0 saturated heterocycles. The van der Waals surface area contributed by atoms with Gasteiger partial charge in [0.05, 0.1) is 35.7 Å². The Balaban J connectivity index is 0.00000417. The van der Waals surface area contributed by atoms with Crippen molar-refractivity contribution in [2.75, 3.05) is 30.6 Å². The predicted octanol–water partition coefficient (Wildman–Crippen LogP) is 5.77. The van der Waals surface area contributed by atoms with Crippen LogP contribution in [0.15, 0.2) is 125 Å². The molecular weight excluding hydrogens is 628 g/mol. The maximum Gasteiger partial charge on any atom is 1.00 e. The third kappa shape index (κ3) is 7.25. The first kappa shape index (κ1) is 33.9. The molecule has 0 aromatic heterocycles. The molecule has 1 unspecified atom stereocenters. The zero-order chi connectivity index (χ0) is 31.6. The summed E-state index contributed by atoms with van der Waals surface area (Å²) in [4.78, 5) is 6.47. The van der Waals surface area contributed by atoms with Crippen LogP contribution in [-0.2, 0) is 10.1 Å². The van der Waals surface area contributed by atoms with Crippen molar-refractivity contribution in [3.8, 4) is 22.6 Å². The molecule has 1 aliphatic heterocycles. The summed E-state index contributed by atoms with van der Waals surface area (Å²) >= 11 is 1.69. The van der Waals surface area contributed by atoms with Crippen LogP contribution in [0.25, 0.3) is 11.1 Å². The second-order valence-corrected chi connectivity index (χ2v) is 13.6. The van der Waals surface area contributed by atoms with Gasteiger partial charge < -0.3 is 23.8 Å². The Bertz CT molecular complexity index is 1850. The number of hydrogen-bond acceptors (Lipinski definition) is 8. The number of benzene rings is 5. The van der Waals surface area contributed by atoms with Crippen molar-refractivity contribution < 1.29 is 52.0 Å².